The molecule has 4 aromatic carbocycles. The van der Waals surface area contributed by atoms with Crippen LogP contribution in [0, 0.1) is 0 Å². The summed E-state index contributed by atoms with van der Waals surface area (Å²) < 4.78 is 19.8. The molecule has 0 aliphatic rings. The first-order valence-corrected chi connectivity index (χ1v) is 20.4. The van der Waals surface area contributed by atoms with Gasteiger partial charge in [-0.3, -0.25) is 14.4 Å². The topological polar surface area (TPSA) is 124 Å². The van der Waals surface area contributed by atoms with Crippen LogP contribution in [-0.4, -0.2) is 52.0 Å². The van der Waals surface area contributed by atoms with Crippen LogP contribution in [0.15, 0.2) is 103 Å². The minimum absolute atomic E-state index is 0.173. The van der Waals surface area contributed by atoms with Crippen molar-refractivity contribution in [2.45, 2.75) is 122 Å². The molecule has 1 radical (unpaired) electrons. The minimum atomic E-state index is -0.866. The van der Waals surface area contributed by atoms with E-state index < -0.39 is 36.5 Å². The predicted octanol–water partition coefficient (Wildman–Crippen LogP) is 10.3. The van der Waals surface area contributed by atoms with Crippen LogP contribution in [0.3, 0.4) is 0 Å². The summed E-state index contributed by atoms with van der Waals surface area (Å²) in [7, 11) is 1.58. The molecule has 0 saturated carbocycles. The van der Waals surface area contributed by atoms with Crippen molar-refractivity contribution < 1.29 is 28.6 Å². The fraction of sp³-hybridized carbons (Fsp3) is 0.426. The lowest BCUT2D eigenvalue weighted by Crippen LogP contribution is -2.35. The number of carbonyl (C=O) groups excluding carboxylic acids is 3. The summed E-state index contributed by atoms with van der Waals surface area (Å²) in [5.41, 5.74) is 4.58. The van der Waals surface area contributed by atoms with E-state index in [1.54, 1.807) is 48.2 Å². The number of esters is 1. The van der Waals surface area contributed by atoms with Crippen LogP contribution in [0.2, 0.25) is 0 Å². The van der Waals surface area contributed by atoms with E-state index >= 15 is 0 Å². The Morgan fingerprint density at radius 3 is 2.14 bits per heavy atom. The average Bonchev–Trinajstić information content (AvgIpc) is 3.64. The molecule has 10 heteroatoms. The van der Waals surface area contributed by atoms with E-state index in [1.165, 1.54) is 31.2 Å². The number of benzene rings is 4. The summed E-state index contributed by atoms with van der Waals surface area (Å²) >= 11 is 0. The molecule has 0 aliphatic carbocycles. The average molecular weight is 774 g/mol. The highest BCUT2D eigenvalue weighted by Gasteiger charge is 2.34. The molecule has 1 aromatic heterocycles. The van der Waals surface area contributed by atoms with E-state index in [1.807, 2.05) is 42.5 Å². The van der Waals surface area contributed by atoms with Gasteiger partial charge in [0, 0.05) is 18.7 Å². The van der Waals surface area contributed by atoms with Gasteiger partial charge in [0.25, 0.3) is 5.91 Å². The lowest BCUT2D eigenvalue weighted by atomic mass is 9.94. The molecule has 0 spiro atoms. The van der Waals surface area contributed by atoms with E-state index in [0.717, 1.165) is 24.8 Å². The number of carbonyl (C=O) groups is 3. The van der Waals surface area contributed by atoms with Crippen molar-refractivity contribution in [3.63, 3.8) is 0 Å². The lowest BCUT2D eigenvalue weighted by molar-refractivity contribution is -0.152. The Morgan fingerprint density at radius 1 is 0.772 bits per heavy atom. The standard InChI is InChI=1S/C47H57N4O6/c1-5-6-7-8-9-10-17-22-39(57-45(53)32-44(52)48-38-20-15-12-16-21-38)28-30-43(55-4)46(47(54)37-18-13-11-14-19-37)51-42-29-27-40(31-41(42)49-50-51)56-33-35-23-25-36(26-24-35)34(2)3/h11-16,18-21,23-27,29,31,34,39,43,46H,5-10,17,22,28,30,32-33H2,1-4H3. The van der Waals surface area contributed by atoms with Crippen molar-refractivity contribution in [1.82, 2.24) is 20.3 Å². The van der Waals surface area contributed by atoms with Crippen molar-refractivity contribution in [2.24, 2.45) is 0 Å². The number of amides is 1. The molecule has 1 amide bonds. The lowest BCUT2D eigenvalue weighted by Gasteiger charge is -2.27. The number of methoxy groups -OCH3 is 1. The van der Waals surface area contributed by atoms with Crippen LogP contribution in [0.25, 0.3) is 11.0 Å². The molecule has 0 N–H and O–H groups in total. The monoisotopic (exact) mass is 773 g/mol. The maximum absolute atomic E-state index is 14.4. The quantitative estimate of drug-likeness (QED) is 0.0263. The zero-order chi connectivity index (χ0) is 40.4. The Morgan fingerprint density at radius 2 is 1.46 bits per heavy atom. The number of hydrogen-bond acceptors (Lipinski definition) is 8. The van der Waals surface area contributed by atoms with Crippen molar-refractivity contribution in [3.05, 3.63) is 120 Å². The van der Waals surface area contributed by atoms with Gasteiger partial charge in [-0.15, -0.1) is 5.10 Å². The maximum Gasteiger partial charge on any atom is 0.315 e. The smallest absolute Gasteiger partial charge is 0.315 e. The van der Waals surface area contributed by atoms with Gasteiger partial charge in [-0.1, -0.05) is 137 Å². The Balaban J connectivity index is 1.31. The Kier molecular flexibility index (Phi) is 16.8. The first-order chi connectivity index (χ1) is 27.7. The van der Waals surface area contributed by atoms with Gasteiger partial charge in [0.2, 0.25) is 0 Å². The van der Waals surface area contributed by atoms with Crippen molar-refractivity contribution in [1.29, 1.82) is 0 Å². The first-order valence-electron chi connectivity index (χ1n) is 20.4. The van der Waals surface area contributed by atoms with Gasteiger partial charge in [-0.05, 0) is 67.0 Å². The molecule has 0 fully saturated rings. The van der Waals surface area contributed by atoms with Gasteiger partial charge < -0.3 is 14.2 Å². The maximum atomic E-state index is 14.4. The largest absolute Gasteiger partial charge is 0.489 e. The van der Waals surface area contributed by atoms with Gasteiger partial charge >= 0.3 is 5.97 Å². The molecule has 5 aromatic rings. The number of aromatic nitrogens is 3. The van der Waals surface area contributed by atoms with Crippen LogP contribution in [-0.2, 0) is 25.7 Å². The first kappa shape index (κ1) is 42.8. The Bertz CT molecular complexity index is 1980. The number of nitrogens with zero attached hydrogens (tertiary/aromatic N) is 4. The zero-order valence-electron chi connectivity index (χ0n) is 33.8. The molecular formula is C47H57N4O6. The number of Topliss-reactive ketones (excluding diaryl/α,β-unsaturated/α-hetero) is 1. The molecule has 0 aliphatic heterocycles. The predicted molar refractivity (Wildman–Crippen MR) is 223 cm³/mol. The summed E-state index contributed by atoms with van der Waals surface area (Å²) in [5, 5.41) is 13.0. The van der Waals surface area contributed by atoms with Crippen LogP contribution in [0.4, 0.5) is 5.69 Å². The SMILES string of the molecule is CCCCCCCCCC(CCC(OC)C(C(=O)c1ccccc1)n1nnc2cc(OCc3ccc(C(C)C)cc3)ccc21)OC(=O)CC(=O)[N]c1ccccc1. The summed E-state index contributed by atoms with van der Waals surface area (Å²) in [6, 6.07) is 31.0. The normalized spacial score (nSPS) is 12.9. The van der Waals surface area contributed by atoms with Crippen LogP contribution < -0.4 is 10.1 Å². The molecule has 10 nitrogen and oxygen atoms in total. The molecule has 301 valence electrons. The number of ketones is 1. The summed E-state index contributed by atoms with van der Waals surface area (Å²) in [6.07, 6.45) is 7.68. The zero-order valence-corrected chi connectivity index (χ0v) is 33.8. The molecule has 5 rings (SSSR count). The van der Waals surface area contributed by atoms with Gasteiger partial charge in [0.05, 0.1) is 17.3 Å². The third kappa shape index (κ3) is 13.1. The highest BCUT2D eigenvalue weighted by Crippen LogP contribution is 2.30. The minimum Gasteiger partial charge on any atom is -0.489 e. The van der Waals surface area contributed by atoms with E-state index in [9.17, 15) is 14.4 Å². The number of fused-ring (bicyclic) bond motifs is 1. The number of hydrogen-bond donors (Lipinski definition) is 0. The molecule has 0 bridgehead atoms. The second kappa shape index (κ2) is 22.4. The van der Waals surface area contributed by atoms with E-state index in [-0.39, 0.29) is 5.78 Å². The Labute approximate surface area is 337 Å². The highest BCUT2D eigenvalue weighted by atomic mass is 16.5. The van der Waals surface area contributed by atoms with Crippen LogP contribution >= 0.6 is 0 Å². The van der Waals surface area contributed by atoms with Crippen molar-refractivity contribution in [3.8, 4) is 5.75 Å². The summed E-state index contributed by atoms with van der Waals surface area (Å²) in [5.74, 6) is -0.254. The number of unbranched alkanes of at least 4 members (excludes halogenated alkanes) is 6. The second-order valence-electron chi connectivity index (χ2n) is 14.9. The van der Waals surface area contributed by atoms with E-state index in [2.05, 4.69) is 60.7 Å². The number of para-hydroxylation sites is 1. The fourth-order valence-electron chi connectivity index (χ4n) is 6.98. The molecule has 0 saturated heterocycles. The van der Waals surface area contributed by atoms with Crippen molar-refractivity contribution >= 4 is 34.4 Å². The van der Waals surface area contributed by atoms with E-state index in [4.69, 9.17) is 14.2 Å². The molecular weight excluding hydrogens is 717 g/mol. The van der Waals surface area contributed by atoms with Gasteiger partial charge in [-0.2, -0.15) is 0 Å². The van der Waals surface area contributed by atoms with Crippen LogP contribution in [0.5, 0.6) is 5.75 Å². The summed E-state index contributed by atoms with van der Waals surface area (Å²) in [4.78, 5) is 40.1. The van der Waals surface area contributed by atoms with Gasteiger partial charge in [-0.25, -0.2) is 10.00 Å². The third-order valence-electron chi connectivity index (χ3n) is 10.2. The number of ether oxygens (including phenoxy) is 3. The number of rotatable bonds is 24. The van der Waals surface area contributed by atoms with Crippen molar-refractivity contribution in [2.75, 3.05) is 7.11 Å². The second-order valence-corrected chi connectivity index (χ2v) is 14.9. The third-order valence-corrected chi connectivity index (χ3v) is 10.2. The molecule has 3 unspecified atom stereocenters. The molecule has 57 heavy (non-hydrogen) atoms. The highest BCUT2D eigenvalue weighted by molar-refractivity contribution is 6.00. The van der Waals surface area contributed by atoms with Crippen LogP contribution in [0.1, 0.15) is 125 Å². The van der Waals surface area contributed by atoms with E-state index in [0.29, 0.717) is 59.8 Å². The summed E-state index contributed by atoms with van der Waals surface area (Å²) in [6.45, 7) is 6.94. The molecule has 1 heterocycles. The molecule has 3 atom stereocenters. The van der Waals surface area contributed by atoms with Gasteiger partial charge in [0.1, 0.15) is 36.4 Å². The van der Waals surface area contributed by atoms with Gasteiger partial charge in [0.15, 0.2) is 5.78 Å². The Hall–Kier alpha value is -5.35. The fourth-order valence-corrected chi connectivity index (χ4v) is 6.98.